The van der Waals surface area contributed by atoms with Crippen LogP contribution >= 0.6 is 7.82 Å². The Bertz CT molecular complexity index is 2640. The second kappa shape index (κ2) is 32.0. The highest BCUT2D eigenvalue weighted by Gasteiger charge is 2.42. The average Bonchev–Trinajstić information content (AvgIpc) is 4.37. The molecular weight excluding hydrogens is 1040 g/mol. The number of hydrogen-bond acceptors (Lipinski definition) is 14. The van der Waals surface area contributed by atoms with Crippen LogP contribution in [0.25, 0.3) is 0 Å². The van der Waals surface area contributed by atoms with Crippen molar-refractivity contribution in [2.24, 2.45) is 26.8 Å². The lowest BCUT2D eigenvalue weighted by molar-refractivity contribution is -0.870. The largest absolute Gasteiger partial charge is 0.756 e. The number of nitrogens with one attached hydrogen (secondary N) is 1. The molecule has 0 amide bonds. The van der Waals surface area contributed by atoms with Gasteiger partial charge in [0.1, 0.15) is 25.5 Å². The van der Waals surface area contributed by atoms with Crippen molar-refractivity contribution in [2.75, 3.05) is 54.1 Å². The molecule has 5 aliphatic heterocycles. The fraction of sp³-hybridized carbons (Fsp3) is 0.677. The number of unbranched alkanes of at least 4 members (excludes halogenated alkanes) is 17. The van der Waals surface area contributed by atoms with Crippen molar-refractivity contribution in [3.63, 3.8) is 0 Å². The first kappa shape index (κ1) is 65.7. The van der Waals surface area contributed by atoms with Gasteiger partial charge in [-0.1, -0.05) is 137 Å². The van der Waals surface area contributed by atoms with Gasteiger partial charge in [-0.15, -0.1) is 0 Å². The quantitative estimate of drug-likeness (QED) is 0.0261. The zero-order chi connectivity index (χ0) is 58.7. The van der Waals surface area contributed by atoms with E-state index in [0.717, 1.165) is 112 Å². The molecular formula is C65H100N5O10P. The molecule has 0 aromatic rings. The molecule has 450 valence electrons. The Hall–Kier alpha value is -4.50. The summed E-state index contributed by atoms with van der Waals surface area (Å²) in [5.41, 5.74) is 13.2. The minimum absolute atomic E-state index is 0.0531. The maximum absolute atomic E-state index is 14.1. The van der Waals surface area contributed by atoms with Crippen molar-refractivity contribution in [3.05, 3.63) is 91.5 Å². The van der Waals surface area contributed by atoms with E-state index in [-0.39, 0.29) is 56.2 Å². The summed E-state index contributed by atoms with van der Waals surface area (Å²) >= 11 is 0. The van der Waals surface area contributed by atoms with Gasteiger partial charge in [-0.05, 0) is 93.9 Å². The SMILES string of the molecule is CCCCCCCCCCCCCCCC(=O)OCC(COP(=O)([O-])OCC[N+](C)(C)C)OC(=O)CCC1C2=C3CC(O)=C4C3=NC(=C4C)C=C3N=C(C=C4N=C(C=C(N2)C1C)C(C)=C4C(C)OCCCCCCCC)C(C)=C3CC. The molecule has 15 nitrogen and oxygen atoms in total. The van der Waals surface area contributed by atoms with E-state index in [1.807, 2.05) is 34.1 Å². The molecule has 1 aliphatic carbocycles. The predicted octanol–water partition coefficient (Wildman–Crippen LogP) is 14.3. The highest BCUT2D eigenvalue weighted by molar-refractivity contribution is 7.45. The number of quaternary nitrogens is 1. The van der Waals surface area contributed by atoms with E-state index in [1.165, 1.54) is 83.5 Å². The second-order valence-electron chi connectivity index (χ2n) is 24.2. The standard InChI is InChI=1S/C65H100N5O10P/c1-12-15-17-19-21-22-23-24-25-26-27-28-30-32-60(72)77-42-49(43-79-81(74,75)78-37-35-70(9,10)11)80-61(73)34-33-51-45(5)54-39-55-46(6)62(48(8)76-36-31-29-20-18-16-13-2)58(67-55)41-53-44(4)50(14-3)57(66-53)40-56-47(7)63-59(71)38-52(64(51)68-54)65(63)69-56/h39-41,45,48-49,51H,12-38,42-43H2,1-11H3,(H2-,66,67,68,69,71,74,75). The second-order valence-corrected chi connectivity index (χ2v) is 25.6. The Balaban J connectivity index is 1.19. The van der Waals surface area contributed by atoms with E-state index < -0.39 is 32.5 Å². The summed E-state index contributed by atoms with van der Waals surface area (Å²) in [6.07, 6.45) is 28.8. The molecule has 5 unspecified atom stereocenters. The Labute approximate surface area is 486 Å². The van der Waals surface area contributed by atoms with E-state index in [4.69, 9.17) is 38.2 Å². The maximum Gasteiger partial charge on any atom is 0.306 e. The Morgan fingerprint density at radius 2 is 1.35 bits per heavy atom. The van der Waals surface area contributed by atoms with E-state index >= 15 is 0 Å². The molecule has 2 N–H and O–H groups in total. The molecule has 16 heteroatoms. The minimum atomic E-state index is -4.80. The van der Waals surface area contributed by atoms with Crippen LogP contribution in [0.2, 0.25) is 0 Å². The van der Waals surface area contributed by atoms with Gasteiger partial charge >= 0.3 is 11.9 Å². The lowest BCUT2D eigenvalue weighted by Gasteiger charge is -2.28. The Kier molecular flexibility index (Phi) is 25.9. The third-order valence-corrected chi connectivity index (χ3v) is 17.6. The molecule has 0 aromatic heterocycles. The highest BCUT2D eigenvalue weighted by atomic mass is 31.2. The van der Waals surface area contributed by atoms with Crippen molar-refractivity contribution in [1.82, 2.24) is 5.32 Å². The van der Waals surface area contributed by atoms with Crippen LogP contribution in [0.3, 0.4) is 0 Å². The first-order valence-corrected chi connectivity index (χ1v) is 32.6. The monoisotopic (exact) mass is 1140 g/mol. The minimum Gasteiger partial charge on any atom is -0.756 e. The third-order valence-electron chi connectivity index (χ3n) is 16.7. The Morgan fingerprint density at radius 1 is 0.741 bits per heavy atom. The van der Waals surface area contributed by atoms with Crippen LogP contribution in [0.5, 0.6) is 0 Å². The molecule has 1 fully saturated rings. The first-order valence-electron chi connectivity index (χ1n) is 31.1. The van der Waals surface area contributed by atoms with E-state index in [1.54, 1.807) is 0 Å². The fourth-order valence-corrected chi connectivity index (χ4v) is 12.4. The van der Waals surface area contributed by atoms with Gasteiger partial charge in [0.2, 0.25) is 0 Å². The van der Waals surface area contributed by atoms with E-state index in [2.05, 4.69) is 65.9 Å². The van der Waals surface area contributed by atoms with Gasteiger partial charge in [0, 0.05) is 65.8 Å². The number of rotatable bonds is 37. The van der Waals surface area contributed by atoms with Crippen molar-refractivity contribution >= 4 is 36.9 Å². The maximum atomic E-state index is 14.1. The number of fused-ring (bicyclic) bond motifs is 5. The number of likely N-dealkylation sites (N-methyl/N-ethyl adjacent to an activating group) is 1. The van der Waals surface area contributed by atoms with Gasteiger partial charge < -0.3 is 43.1 Å². The summed E-state index contributed by atoms with van der Waals surface area (Å²) in [7, 11) is 0.957. The van der Waals surface area contributed by atoms with Gasteiger partial charge in [-0.25, -0.2) is 15.0 Å². The van der Waals surface area contributed by atoms with Gasteiger partial charge in [-0.3, -0.25) is 14.2 Å². The summed E-state index contributed by atoms with van der Waals surface area (Å²) < 4.78 is 42.0. The molecule has 1 saturated heterocycles. The smallest absolute Gasteiger partial charge is 0.306 e. The molecule has 0 radical (unpaired) electrons. The van der Waals surface area contributed by atoms with Crippen LogP contribution in [0.15, 0.2) is 106 Å². The number of aliphatic hydroxyl groups is 1. The number of phosphoric ester groups is 1. The van der Waals surface area contributed by atoms with Gasteiger partial charge in [0.25, 0.3) is 7.82 Å². The van der Waals surface area contributed by atoms with Gasteiger partial charge in [-0.2, -0.15) is 0 Å². The highest BCUT2D eigenvalue weighted by Crippen LogP contribution is 2.47. The molecule has 6 rings (SSSR count). The molecule has 6 aliphatic rings. The topological polar surface area (TPSA) is 190 Å². The summed E-state index contributed by atoms with van der Waals surface area (Å²) in [4.78, 5) is 55.8. The van der Waals surface area contributed by atoms with E-state index in [0.29, 0.717) is 41.8 Å². The number of esters is 2. The summed E-state index contributed by atoms with van der Waals surface area (Å²) in [6, 6.07) is 0. The summed E-state index contributed by atoms with van der Waals surface area (Å²) in [6.45, 7) is 17.1. The third kappa shape index (κ3) is 19.3. The van der Waals surface area contributed by atoms with E-state index in [9.17, 15) is 24.2 Å². The number of ether oxygens (including phenoxy) is 3. The predicted molar refractivity (Wildman–Crippen MR) is 324 cm³/mol. The van der Waals surface area contributed by atoms with Crippen LogP contribution in [0.4, 0.5) is 0 Å². The van der Waals surface area contributed by atoms with Crippen molar-refractivity contribution < 1.29 is 51.9 Å². The summed E-state index contributed by atoms with van der Waals surface area (Å²) in [5.74, 6) is -1.21. The molecule has 0 spiro atoms. The number of carbonyl (C=O) groups excluding carboxylic acids is 2. The lowest BCUT2D eigenvalue weighted by atomic mass is 9.86. The number of allylic oxidation sites excluding steroid dienone is 11. The Morgan fingerprint density at radius 3 is 1.98 bits per heavy atom. The number of nitrogens with zero attached hydrogens (tertiary/aromatic N) is 4. The summed E-state index contributed by atoms with van der Waals surface area (Å²) in [5, 5.41) is 15.5. The molecule has 5 atom stereocenters. The van der Waals surface area contributed by atoms with Gasteiger partial charge in [0.05, 0.1) is 68.1 Å². The zero-order valence-corrected chi connectivity index (χ0v) is 52.3. The molecule has 81 heavy (non-hydrogen) atoms. The van der Waals surface area contributed by atoms with Gasteiger partial charge in [0.15, 0.2) is 6.10 Å². The molecule has 0 saturated carbocycles. The van der Waals surface area contributed by atoms with Crippen LogP contribution in [-0.2, 0) is 37.4 Å². The van der Waals surface area contributed by atoms with Crippen LogP contribution < -0.4 is 10.2 Å². The number of aliphatic hydroxyl groups excluding tert-OH is 1. The number of aliphatic imine (C=N–C) groups is 3. The first-order chi connectivity index (χ1) is 38.7. The van der Waals surface area contributed by atoms with Crippen molar-refractivity contribution in [1.29, 1.82) is 0 Å². The number of hydrogen-bond donors (Lipinski definition) is 2. The molecule has 0 aromatic carbocycles. The number of phosphoric acid groups is 1. The molecule has 5 heterocycles. The number of carbonyl (C=O) groups is 2. The van der Waals surface area contributed by atoms with Crippen LogP contribution in [-0.4, -0.2) is 105 Å². The van der Waals surface area contributed by atoms with Crippen LogP contribution in [0.1, 0.15) is 209 Å². The van der Waals surface area contributed by atoms with Crippen molar-refractivity contribution in [2.45, 2.75) is 222 Å². The normalized spacial score (nSPS) is 20.3. The fourth-order valence-electron chi connectivity index (χ4n) is 11.7. The average molecular weight is 1140 g/mol. The van der Waals surface area contributed by atoms with Crippen LogP contribution in [0, 0.1) is 11.8 Å². The molecule has 8 bridgehead atoms. The lowest BCUT2D eigenvalue weighted by Crippen LogP contribution is -2.37. The van der Waals surface area contributed by atoms with Crippen molar-refractivity contribution in [3.8, 4) is 0 Å². The zero-order valence-electron chi connectivity index (χ0n) is 51.4.